The number of rotatable bonds is 9. The van der Waals surface area contributed by atoms with Gasteiger partial charge in [-0.1, -0.05) is 6.07 Å². The third kappa shape index (κ3) is 6.53. The molecule has 4 heterocycles. The van der Waals surface area contributed by atoms with Gasteiger partial charge in [0, 0.05) is 63.3 Å². The first-order valence-electron chi connectivity index (χ1n) is 11.2. The highest BCUT2D eigenvalue weighted by atomic mass is 32.2. The van der Waals surface area contributed by atoms with Gasteiger partial charge in [-0.2, -0.15) is 4.31 Å². The van der Waals surface area contributed by atoms with Gasteiger partial charge < -0.3 is 4.90 Å². The fourth-order valence-corrected chi connectivity index (χ4v) is 4.98. The summed E-state index contributed by atoms with van der Waals surface area (Å²) in [5.41, 5.74) is 1.53. The van der Waals surface area contributed by atoms with Crippen LogP contribution >= 0.6 is 0 Å². The molecule has 14 heteroatoms. The number of sulfonamides is 1. The van der Waals surface area contributed by atoms with E-state index in [0.717, 1.165) is 23.7 Å². The van der Waals surface area contributed by atoms with Crippen molar-refractivity contribution >= 4 is 21.9 Å². The van der Waals surface area contributed by atoms with Crippen LogP contribution in [0.2, 0.25) is 0 Å². The molecule has 0 saturated carbocycles. The Labute approximate surface area is 207 Å². The van der Waals surface area contributed by atoms with Gasteiger partial charge in [0.2, 0.25) is 16.0 Å². The van der Waals surface area contributed by atoms with Gasteiger partial charge in [0.25, 0.3) is 5.91 Å². The summed E-state index contributed by atoms with van der Waals surface area (Å²) in [4.78, 5) is 34.8. The first kappa shape index (κ1) is 25.5. The van der Waals surface area contributed by atoms with Gasteiger partial charge in [0.05, 0.1) is 18.1 Å². The number of aryl methyl sites for hydroxylation is 1. The predicted octanol–water partition coefficient (Wildman–Crippen LogP) is 0.770. The lowest BCUT2D eigenvalue weighted by atomic mass is 10.2. The molecule has 0 atom stereocenters. The topological polar surface area (TPSA) is 146 Å². The van der Waals surface area contributed by atoms with E-state index in [4.69, 9.17) is 0 Å². The van der Waals surface area contributed by atoms with Crippen molar-refractivity contribution in [1.29, 1.82) is 0 Å². The largest absolute Gasteiger partial charge is 0.338 e. The van der Waals surface area contributed by atoms with E-state index < -0.39 is 27.5 Å². The van der Waals surface area contributed by atoms with Gasteiger partial charge >= 0.3 is 0 Å². The second-order valence-corrected chi connectivity index (χ2v) is 10.0. The molecule has 3 aromatic rings. The lowest BCUT2D eigenvalue weighted by Crippen LogP contribution is -2.51. The molecule has 0 aliphatic carbocycles. The average molecular weight is 517 g/mol. The molecule has 12 nitrogen and oxygen atoms in total. The number of carbonyl (C=O) groups is 1. The van der Waals surface area contributed by atoms with Crippen LogP contribution in [0, 0.1) is 5.82 Å². The summed E-state index contributed by atoms with van der Waals surface area (Å²) in [5.74, 6) is -1.49. The van der Waals surface area contributed by atoms with Crippen LogP contribution in [-0.2, 0) is 21.2 Å². The third-order valence-electron chi connectivity index (χ3n) is 5.55. The molecule has 1 aliphatic rings. The standard InChI is InChI=1S/C22H25FN8O4S/c23-18-14-25-20(26-15-18)5-3-7-31(33)21(32)16-36(34,35)30-10-8-29(9-11-30)22-27-12-17(13-28-22)19-4-1-2-6-24-19/h1-2,4,6,12-15,33H,3,5,7-11,16H2. The summed E-state index contributed by atoms with van der Waals surface area (Å²) in [6.45, 7) is 0.936. The number of anilines is 1. The molecular weight excluding hydrogens is 491 g/mol. The molecule has 1 amide bonds. The van der Waals surface area contributed by atoms with Crippen molar-refractivity contribution in [3.05, 3.63) is 60.8 Å². The van der Waals surface area contributed by atoms with Crippen LogP contribution in [0.3, 0.4) is 0 Å². The molecule has 0 unspecified atom stereocenters. The molecule has 3 aromatic heterocycles. The Morgan fingerprint density at radius 3 is 2.33 bits per heavy atom. The summed E-state index contributed by atoms with van der Waals surface area (Å²) in [6.07, 6.45) is 7.66. The lowest BCUT2D eigenvalue weighted by Gasteiger charge is -2.34. The van der Waals surface area contributed by atoms with E-state index in [1.165, 1.54) is 4.31 Å². The second kappa shape index (κ2) is 11.4. The Bertz CT molecular complexity index is 1260. The number of hydrogen-bond acceptors (Lipinski definition) is 10. The van der Waals surface area contributed by atoms with Crippen LogP contribution in [0.25, 0.3) is 11.3 Å². The fourth-order valence-electron chi connectivity index (χ4n) is 3.62. The van der Waals surface area contributed by atoms with Crippen molar-refractivity contribution in [3.8, 4) is 11.3 Å². The Kier molecular flexibility index (Phi) is 8.07. The minimum atomic E-state index is -3.92. The van der Waals surface area contributed by atoms with E-state index in [9.17, 15) is 22.8 Å². The predicted molar refractivity (Wildman–Crippen MR) is 127 cm³/mol. The molecule has 4 rings (SSSR count). The van der Waals surface area contributed by atoms with Crippen LogP contribution in [0.4, 0.5) is 10.3 Å². The van der Waals surface area contributed by atoms with E-state index in [2.05, 4.69) is 24.9 Å². The SMILES string of the molecule is O=C(CS(=O)(=O)N1CCN(c2ncc(-c3ccccn3)cn2)CC1)N(O)CCCc1ncc(F)cn1. The average Bonchev–Trinajstić information content (AvgIpc) is 2.90. The number of hydroxylamine groups is 2. The summed E-state index contributed by atoms with van der Waals surface area (Å²) < 4.78 is 39.5. The van der Waals surface area contributed by atoms with Crippen molar-refractivity contribution in [1.82, 2.24) is 34.3 Å². The van der Waals surface area contributed by atoms with Gasteiger partial charge in [-0.05, 0) is 18.6 Å². The van der Waals surface area contributed by atoms with Gasteiger partial charge in [-0.3, -0.25) is 15.0 Å². The van der Waals surface area contributed by atoms with E-state index in [1.54, 1.807) is 18.6 Å². The number of aromatic nitrogens is 5. The molecule has 36 heavy (non-hydrogen) atoms. The van der Waals surface area contributed by atoms with Gasteiger partial charge in [0.1, 0.15) is 11.6 Å². The molecule has 1 saturated heterocycles. The first-order chi connectivity index (χ1) is 17.3. The highest BCUT2D eigenvalue weighted by Crippen LogP contribution is 2.18. The van der Waals surface area contributed by atoms with E-state index in [-0.39, 0.29) is 26.1 Å². The van der Waals surface area contributed by atoms with Crippen molar-refractivity contribution in [2.24, 2.45) is 0 Å². The molecule has 190 valence electrons. The molecule has 0 aromatic carbocycles. The van der Waals surface area contributed by atoms with E-state index >= 15 is 0 Å². The van der Waals surface area contributed by atoms with Crippen LogP contribution < -0.4 is 4.90 Å². The Morgan fingerprint density at radius 2 is 1.69 bits per heavy atom. The van der Waals surface area contributed by atoms with Crippen LogP contribution in [-0.4, -0.2) is 92.3 Å². The van der Waals surface area contributed by atoms with Crippen LogP contribution in [0.15, 0.2) is 49.2 Å². The number of pyridine rings is 1. The number of halogens is 1. The molecule has 0 radical (unpaired) electrons. The molecule has 1 aliphatic heterocycles. The zero-order chi connectivity index (χ0) is 25.5. The lowest BCUT2D eigenvalue weighted by molar-refractivity contribution is -0.162. The number of amides is 1. The Morgan fingerprint density at radius 1 is 1.00 bits per heavy atom. The minimum Gasteiger partial charge on any atom is -0.338 e. The van der Waals surface area contributed by atoms with Crippen molar-refractivity contribution < 1.29 is 22.8 Å². The van der Waals surface area contributed by atoms with Crippen LogP contribution in [0.1, 0.15) is 12.2 Å². The quantitative estimate of drug-likeness (QED) is 0.320. The molecule has 1 fully saturated rings. The zero-order valence-electron chi connectivity index (χ0n) is 19.3. The summed E-state index contributed by atoms with van der Waals surface area (Å²) >= 11 is 0. The van der Waals surface area contributed by atoms with Crippen LogP contribution in [0.5, 0.6) is 0 Å². The van der Waals surface area contributed by atoms with Crippen molar-refractivity contribution in [2.75, 3.05) is 43.4 Å². The second-order valence-electron chi connectivity index (χ2n) is 8.07. The van der Waals surface area contributed by atoms with Gasteiger partial charge in [0.15, 0.2) is 5.82 Å². The number of nitrogens with zero attached hydrogens (tertiary/aromatic N) is 8. The van der Waals surface area contributed by atoms with E-state index in [0.29, 0.717) is 36.3 Å². The maximum absolute atomic E-state index is 12.8. The van der Waals surface area contributed by atoms with E-state index in [1.807, 2.05) is 23.1 Å². The zero-order valence-corrected chi connectivity index (χ0v) is 20.1. The number of hydrogen-bond donors (Lipinski definition) is 1. The summed E-state index contributed by atoms with van der Waals surface area (Å²) in [6, 6.07) is 5.56. The normalized spacial score (nSPS) is 14.6. The maximum Gasteiger partial charge on any atom is 0.262 e. The third-order valence-corrected chi connectivity index (χ3v) is 7.32. The Balaban J connectivity index is 1.24. The number of piperazine rings is 1. The first-order valence-corrected chi connectivity index (χ1v) is 12.8. The molecule has 0 bridgehead atoms. The van der Waals surface area contributed by atoms with Gasteiger partial charge in [-0.25, -0.2) is 37.8 Å². The van der Waals surface area contributed by atoms with Gasteiger partial charge in [-0.15, -0.1) is 0 Å². The molecule has 1 N–H and O–H groups in total. The Hall–Kier alpha value is -3.62. The summed E-state index contributed by atoms with van der Waals surface area (Å²) in [7, 11) is -3.92. The minimum absolute atomic E-state index is 0.102. The molecular formula is C22H25FN8O4S. The highest BCUT2D eigenvalue weighted by molar-refractivity contribution is 7.89. The fraction of sp³-hybridized carbons (Fsp3) is 0.364. The smallest absolute Gasteiger partial charge is 0.262 e. The summed E-state index contributed by atoms with van der Waals surface area (Å²) in [5, 5.41) is 10.4. The molecule has 0 spiro atoms. The maximum atomic E-state index is 12.8. The van der Waals surface area contributed by atoms with Crippen molar-refractivity contribution in [3.63, 3.8) is 0 Å². The monoisotopic (exact) mass is 516 g/mol. The highest BCUT2D eigenvalue weighted by Gasteiger charge is 2.31. The van der Waals surface area contributed by atoms with Crippen molar-refractivity contribution in [2.45, 2.75) is 12.8 Å². The number of carbonyl (C=O) groups excluding carboxylic acids is 1.